The van der Waals surface area contributed by atoms with Crippen molar-refractivity contribution in [1.82, 2.24) is 5.32 Å². The van der Waals surface area contributed by atoms with Gasteiger partial charge in [-0.05, 0) is 50.1 Å². The van der Waals surface area contributed by atoms with Crippen LogP contribution in [0.4, 0.5) is 4.79 Å². The number of thiophene rings is 1. The molecule has 5 nitrogen and oxygen atoms in total. The second-order valence-corrected chi connectivity index (χ2v) is 7.86. The van der Waals surface area contributed by atoms with E-state index in [1.807, 2.05) is 59.9 Å². The molecule has 1 aromatic heterocycles. The fraction of sp³-hybridized carbons (Fsp3) is 0.688. The van der Waals surface area contributed by atoms with Crippen LogP contribution in [0.3, 0.4) is 0 Å². The van der Waals surface area contributed by atoms with Crippen molar-refractivity contribution in [2.75, 3.05) is 0 Å². The van der Waals surface area contributed by atoms with Crippen LogP contribution in [-0.2, 0) is 0 Å². The zero-order valence-electron chi connectivity index (χ0n) is 14.5. The molecule has 6 heteroatoms. The highest BCUT2D eigenvalue weighted by atomic mass is 32.1. The van der Waals surface area contributed by atoms with Crippen LogP contribution >= 0.6 is 11.3 Å². The molecule has 0 atom stereocenters. The van der Waals surface area contributed by atoms with Gasteiger partial charge in [0.25, 0.3) is 0 Å². The number of azo groups is 1. The molecule has 1 rings (SSSR count). The summed E-state index contributed by atoms with van der Waals surface area (Å²) < 4.78 is 5.31. The molecule has 0 saturated heterocycles. The number of carbonyl (C=O) groups is 1. The van der Waals surface area contributed by atoms with E-state index in [-0.39, 0.29) is 17.4 Å². The lowest BCUT2D eigenvalue weighted by Crippen LogP contribution is -2.55. The van der Waals surface area contributed by atoms with Gasteiger partial charge in [0, 0.05) is 0 Å². The van der Waals surface area contributed by atoms with Crippen molar-refractivity contribution >= 4 is 17.4 Å². The Hall–Kier alpha value is -1.43. The van der Waals surface area contributed by atoms with Crippen LogP contribution in [0.25, 0.3) is 0 Å². The molecule has 1 N–H and O–H groups in total. The van der Waals surface area contributed by atoms with Crippen molar-refractivity contribution in [2.45, 2.75) is 59.7 Å². The quantitative estimate of drug-likeness (QED) is 0.766. The van der Waals surface area contributed by atoms with Gasteiger partial charge in [-0.25, -0.2) is 4.79 Å². The summed E-state index contributed by atoms with van der Waals surface area (Å²) in [6, 6.07) is 3.60. The largest absolute Gasteiger partial charge is 0.415 e. The topological polar surface area (TPSA) is 63.0 Å². The first-order valence-electron chi connectivity index (χ1n) is 7.54. The maximum absolute atomic E-state index is 12.2. The van der Waals surface area contributed by atoms with Crippen LogP contribution < -0.4 is 10.1 Å². The van der Waals surface area contributed by atoms with Crippen molar-refractivity contribution in [3.8, 4) is 5.06 Å². The highest BCUT2D eigenvalue weighted by Gasteiger charge is 2.40. The number of ether oxygens (including phenoxy) is 1. The molecule has 0 spiro atoms. The van der Waals surface area contributed by atoms with Crippen LogP contribution in [0.1, 0.15) is 48.5 Å². The van der Waals surface area contributed by atoms with Gasteiger partial charge < -0.3 is 4.74 Å². The number of carbonyl (C=O) groups excluding carboxylic acids is 1. The summed E-state index contributed by atoms with van der Waals surface area (Å²) in [6.45, 7) is 14.0. The number of hydrogen-bond acceptors (Lipinski definition) is 5. The standard InChI is InChI=1S/C16H27N3O2S/c1-11(2)16(12(3)4,19-18-15(5,6)7)17-14(20)21-13-9-8-10-22-13/h8-12H,1-7H3,(H,17,20). The Kier molecular flexibility index (Phi) is 6.11. The Bertz CT molecular complexity index is 494. The van der Waals surface area contributed by atoms with E-state index in [2.05, 4.69) is 15.5 Å². The first-order chi connectivity index (χ1) is 10.1. The molecular weight excluding hydrogens is 298 g/mol. The zero-order chi connectivity index (χ0) is 17.0. The van der Waals surface area contributed by atoms with Crippen LogP contribution in [0.2, 0.25) is 0 Å². The summed E-state index contributed by atoms with van der Waals surface area (Å²) in [5.41, 5.74) is -1.09. The highest BCUT2D eigenvalue weighted by Crippen LogP contribution is 2.30. The van der Waals surface area contributed by atoms with Crippen LogP contribution in [0, 0.1) is 11.8 Å². The molecule has 0 fully saturated rings. The van der Waals surface area contributed by atoms with Crippen molar-refractivity contribution in [1.29, 1.82) is 0 Å². The fourth-order valence-corrected chi connectivity index (χ4v) is 2.62. The summed E-state index contributed by atoms with van der Waals surface area (Å²) >= 11 is 1.37. The molecule has 0 bridgehead atoms. The third-order valence-corrected chi connectivity index (χ3v) is 4.01. The third kappa shape index (κ3) is 5.09. The molecule has 0 aliphatic heterocycles. The lowest BCUT2D eigenvalue weighted by molar-refractivity contribution is 0.136. The van der Waals surface area contributed by atoms with Crippen molar-refractivity contribution in [3.63, 3.8) is 0 Å². The number of rotatable bonds is 5. The first kappa shape index (κ1) is 18.6. The molecule has 22 heavy (non-hydrogen) atoms. The van der Waals surface area contributed by atoms with Gasteiger partial charge in [-0.2, -0.15) is 10.2 Å². The second-order valence-electron chi connectivity index (χ2n) is 6.95. The Morgan fingerprint density at radius 1 is 1.18 bits per heavy atom. The fourth-order valence-electron chi connectivity index (χ4n) is 2.05. The zero-order valence-corrected chi connectivity index (χ0v) is 15.3. The van der Waals surface area contributed by atoms with Crippen molar-refractivity contribution in [3.05, 3.63) is 17.5 Å². The molecule has 0 aliphatic carbocycles. The van der Waals surface area contributed by atoms with Gasteiger partial charge in [0.1, 0.15) is 0 Å². The second kappa shape index (κ2) is 7.22. The number of nitrogens with one attached hydrogen (secondary N) is 1. The van der Waals surface area contributed by atoms with E-state index in [4.69, 9.17) is 4.74 Å². The van der Waals surface area contributed by atoms with Crippen LogP contribution in [0.5, 0.6) is 5.06 Å². The molecule has 0 aliphatic rings. The Labute approximate surface area is 137 Å². The number of nitrogens with zero attached hydrogens (tertiary/aromatic N) is 2. The number of hydrogen-bond donors (Lipinski definition) is 1. The monoisotopic (exact) mass is 325 g/mol. The summed E-state index contributed by atoms with van der Waals surface area (Å²) in [5, 5.41) is 14.2. The average Bonchev–Trinajstić information content (AvgIpc) is 2.85. The summed E-state index contributed by atoms with van der Waals surface area (Å²) in [7, 11) is 0. The Balaban J connectivity index is 2.99. The van der Waals surface area contributed by atoms with Crippen LogP contribution in [-0.4, -0.2) is 17.3 Å². The Morgan fingerprint density at radius 2 is 1.77 bits per heavy atom. The minimum absolute atomic E-state index is 0.0782. The molecular formula is C16H27N3O2S. The van der Waals surface area contributed by atoms with Crippen molar-refractivity contribution in [2.24, 2.45) is 22.1 Å². The third-order valence-electron chi connectivity index (χ3n) is 3.27. The van der Waals surface area contributed by atoms with Gasteiger partial charge in [-0.3, -0.25) is 5.32 Å². The molecule has 1 aromatic rings. The molecule has 0 radical (unpaired) electrons. The van der Waals surface area contributed by atoms with E-state index in [0.29, 0.717) is 5.06 Å². The van der Waals surface area contributed by atoms with Gasteiger partial charge in [-0.15, -0.1) is 11.3 Å². The SMILES string of the molecule is CC(C)C(N=NC(C)(C)C)(NC(=O)Oc1cccs1)C(C)C. The minimum Gasteiger partial charge on any atom is -0.399 e. The Morgan fingerprint density at radius 3 is 2.18 bits per heavy atom. The van der Waals surface area contributed by atoms with E-state index in [0.717, 1.165) is 0 Å². The lowest BCUT2D eigenvalue weighted by Gasteiger charge is -2.37. The first-order valence-corrected chi connectivity index (χ1v) is 8.42. The van der Waals surface area contributed by atoms with Gasteiger partial charge >= 0.3 is 6.09 Å². The summed E-state index contributed by atoms with van der Waals surface area (Å²) in [6.07, 6.45) is -0.502. The van der Waals surface area contributed by atoms with E-state index in [1.165, 1.54) is 11.3 Å². The molecule has 0 aromatic carbocycles. The van der Waals surface area contributed by atoms with Gasteiger partial charge in [-0.1, -0.05) is 27.7 Å². The lowest BCUT2D eigenvalue weighted by atomic mass is 9.86. The van der Waals surface area contributed by atoms with Gasteiger partial charge in [0.2, 0.25) is 0 Å². The van der Waals surface area contributed by atoms with Gasteiger partial charge in [0.05, 0.1) is 5.54 Å². The van der Waals surface area contributed by atoms with Gasteiger partial charge in [0.15, 0.2) is 10.7 Å². The van der Waals surface area contributed by atoms with E-state index >= 15 is 0 Å². The molecule has 0 unspecified atom stereocenters. The van der Waals surface area contributed by atoms with E-state index in [1.54, 1.807) is 6.07 Å². The summed E-state index contributed by atoms with van der Waals surface area (Å²) in [4.78, 5) is 12.2. The molecule has 1 amide bonds. The molecule has 0 saturated carbocycles. The normalized spacial score (nSPS) is 13.1. The average molecular weight is 325 g/mol. The van der Waals surface area contributed by atoms with Crippen molar-refractivity contribution < 1.29 is 9.53 Å². The minimum atomic E-state index is -0.790. The smallest absolute Gasteiger partial charge is 0.399 e. The van der Waals surface area contributed by atoms with E-state index in [9.17, 15) is 4.79 Å². The molecule has 124 valence electrons. The number of amides is 1. The molecule has 1 heterocycles. The highest BCUT2D eigenvalue weighted by molar-refractivity contribution is 7.11. The van der Waals surface area contributed by atoms with Crippen LogP contribution in [0.15, 0.2) is 27.7 Å². The predicted octanol–water partition coefficient (Wildman–Crippen LogP) is 5.10. The maximum Gasteiger partial charge on any atom is 0.415 e. The summed E-state index contributed by atoms with van der Waals surface area (Å²) in [5.74, 6) is 0.156. The predicted molar refractivity (Wildman–Crippen MR) is 90.5 cm³/mol. The van der Waals surface area contributed by atoms with E-state index < -0.39 is 11.8 Å². The maximum atomic E-state index is 12.2.